The van der Waals surface area contributed by atoms with Crippen molar-refractivity contribution in [2.45, 2.75) is 31.3 Å². The Hall–Kier alpha value is -2.92. The highest BCUT2D eigenvalue weighted by Crippen LogP contribution is 2.26. The predicted molar refractivity (Wildman–Crippen MR) is 120 cm³/mol. The third kappa shape index (κ3) is 4.62. The van der Waals surface area contributed by atoms with Crippen molar-refractivity contribution in [3.05, 3.63) is 62.3 Å². The molecule has 0 radical (unpaired) electrons. The van der Waals surface area contributed by atoms with E-state index in [0.29, 0.717) is 16.0 Å². The van der Waals surface area contributed by atoms with Crippen molar-refractivity contribution < 1.29 is 4.79 Å². The van der Waals surface area contributed by atoms with Crippen LogP contribution in [-0.4, -0.2) is 37.4 Å². The van der Waals surface area contributed by atoms with Gasteiger partial charge in [0, 0.05) is 13.1 Å². The van der Waals surface area contributed by atoms with Gasteiger partial charge in [0.15, 0.2) is 10.1 Å². The molecular formula is C19H22N6O3S2. The Balaban J connectivity index is 1.92. The Morgan fingerprint density at radius 3 is 2.57 bits per heavy atom. The molecule has 158 valence electrons. The van der Waals surface area contributed by atoms with E-state index in [4.69, 9.17) is 5.73 Å². The molecule has 0 aliphatic carbocycles. The summed E-state index contributed by atoms with van der Waals surface area (Å²) in [6.07, 6.45) is 0. The Morgan fingerprint density at radius 1 is 1.17 bits per heavy atom. The second-order valence-electron chi connectivity index (χ2n) is 6.28. The number of hydrogen-bond donors (Lipinski definition) is 2. The van der Waals surface area contributed by atoms with Gasteiger partial charge < -0.3 is 11.1 Å². The summed E-state index contributed by atoms with van der Waals surface area (Å²) in [5.74, 6) is -0.602. The van der Waals surface area contributed by atoms with E-state index in [1.807, 2.05) is 37.3 Å². The normalized spacial score (nSPS) is 10.9. The maximum absolute atomic E-state index is 12.9. The van der Waals surface area contributed by atoms with Gasteiger partial charge in [0.1, 0.15) is 11.4 Å². The average molecular weight is 447 g/mol. The largest absolute Gasteiger partial charge is 0.384 e. The smallest absolute Gasteiger partial charge is 0.332 e. The number of benzene rings is 1. The molecular weight excluding hydrogens is 424 g/mol. The molecule has 0 amide bonds. The Labute approximate surface area is 181 Å². The summed E-state index contributed by atoms with van der Waals surface area (Å²) < 4.78 is 2.91. The van der Waals surface area contributed by atoms with Gasteiger partial charge in [-0.05, 0) is 19.4 Å². The molecule has 0 saturated carbocycles. The molecule has 0 spiro atoms. The molecule has 9 nitrogen and oxygen atoms in total. The van der Waals surface area contributed by atoms with E-state index < -0.39 is 17.0 Å². The summed E-state index contributed by atoms with van der Waals surface area (Å²) in [7, 11) is 0. The number of carbonyl (C=O) groups excluding carboxylic acids is 1. The van der Waals surface area contributed by atoms with Crippen LogP contribution in [0.4, 0.5) is 10.9 Å². The van der Waals surface area contributed by atoms with Crippen LogP contribution in [0.1, 0.15) is 29.8 Å². The number of thioether (sulfide) groups is 1. The zero-order chi connectivity index (χ0) is 21.7. The van der Waals surface area contributed by atoms with Crippen LogP contribution in [-0.2, 0) is 13.1 Å². The summed E-state index contributed by atoms with van der Waals surface area (Å²) in [5.41, 5.74) is 5.62. The van der Waals surface area contributed by atoms with Crippen LogP contribution in [0.15, 0.2) is 44.3 Å². The highest BCUT2D eigenvalue weighted by Gasteiger charge is 2.23. The van der Waals surface area contributed by atoms with Crippen LogP contribution in [0.2, 0.25) is 0 Å². The lowest BCUT2D eigenvalue weighted by atomic mass is 10.2. The number of aromatic nitrogens is 4. The third-order valence-corrected chi connectivity index (χ3v) is 6.32. The maximum Gasteiger partial charge on any atom is 0.332 e. The predicted octanol–water partition coefficient (Wildman–Crippen LogP) is 1.92. The van der Waals surface area contributed by atoms with Gasteiger partial charge in [-0.15, -0.1) is 10.2 Å². The quantitative estimate of drug-likeness (QED) is 0.377. The molecule has 3 rings (SSSR count). The van der Waals surface area contributed by atoms with Crippen molar-refractivity contribution >= 4 is 39.8 Å². The van der Waals surface area contributed by atoms with Crippen LogP contribution in [0, 0.1) is 0 Å². The van der Waals surface area contributed by atoms with E-state index >= 15 is 0 Å². The molecule has 1 aromatic carbocycles. The lowest BCUT2D eigenvalue weighted by Crippen LogP contribution is -2.44. The first-order valence-electron chi connectivity index (χ1n) is 9.36. The van der Waals surface area contributed by atoms with Gasteiger partial charge in [0.25, 0.3) is 5.56 Å². The molecule has 2 aromatic heterocycles. The van der Waals surface area contributed by atoms with E-state index in [0.717, 1.165) is 10.1 Å². The topological polar surface area (TPSA) is 125 Å². The number of nitrogen functional groups attached to an aromatic ring is 1. The molecule has 3 aromatic rings. The van der Waals surface area contributed by atoms with Crippen LogP contribution in [0.5, 0.6) is 0 Å². The maximum atomic E-state index is 12.9. The number of nitrogens with one attached hydrogen (secondary N) is 1. The van der Waals surface area contributed by atoms with Crippen molar-refractivity contribution in [3.63, 3.8) is 0 Å². The van der Waals surface area contributed by atoms with Crippen molar-refractivity contribution in [1.82, 2.24) is 19.3 Å². The number of carbonyl (C=O) groups is 1. The molecule has 0 saturated heterocycles. The molecule has 0 aliphatic rings. The standard InChI is InChI=1S/C19H22N6O3S2/c1-3-21-17-22-23-18(30-17)29-11-13(26)14-15(20)25(10-12-8-6-5-7-9-12)19(28)24(4-2)16(14)27/h5-9H,3-4,10-11,20H2,1-2H3,(H,21,22). The number of nitrogens with two attached hydrogens (primary N) is 1. The van der Waals surface area contributed by atoms with E-state index in [9.17, 15) is 14.4 Å². The zero-order valence-electron chi connectivity index (χ0n) is 16.6. The van der Waals surface area contributed by atoms with Gasteiger partial charge in [-0.3, -0.25) is 18.7 Å². The molecule has 3 N–H and O–H groups in total. The fourth-order valence-corrected chi connectivity index (χ4v) is 4.56. The van der Waals surface area contributed by atoms with Gasteiger partial charge in [0.05, 0.1) is 12.3 Å². The van der Waals surface area contributed by atoms with Crippen molar-refractivity contribution in [2.24, 2.45) is 0 Å². The minimum absolute atomic E-state index is 0.0343. The molecule has 0 unspecified atom stereocenters. The van der Waals surface area contributed by atoms with Crippen LogP contribution >= 0.6 is 23.1 Å². The average Bonchev–Trinajstić information content (AvgIpc) is 3.18. The number of anilines is 2. The van der Waals surface area contributed by atoms with Gasteiger partial charge in [0.2, 0.25) is 5.13 Å². The fraction of sp³-hybridized carbons (Fsp3) is 0.316. The Morgan fingerprint density at radius 2 is 1.90 bits per heavy atom. The second kappa shape index (κ2) is 9.72. The van der Waals surface area contributed by atoms with E-state index in [1.165, 1.54) is 27.7 Å². The number of hydrogen-bond acceptors (Lipinski definition) is 9. The minimum atomic E-state index is -0.666. The van der Waals surface area contributed by atoms with Crippen molar-refractivity contribution in [3.8, 4) is 0 Å². The lowest BCUT2D eigenvalue weighted by Gasteiger charge is -2.15. The molecule has 0 bridgehead atoms. The van der Waals surface area contributed by atoms with E-state index in [-0.39, 0.29) is 30.2 Å². The van der Waals surface area contributed by atoms with Gasteiger partial charge in [-0.1, -0.05) is 53.4 Å². The number of Topliss-reactive ketones (excluding diaryl/α,β-unsaturated/α-hetero) is 1. The van der Waals surface area contributed by atoms with E-state index in [1.54, 1.807) is 6.92 Å². The Kier molecular flexibility index (Phi) is 7.06. The molecule has 11 heteroatoms. The third-order valence-electron chi connectivity index (χ3n) is 4.31. The van der Waals surface area contributed by atoms with Crippen LogP contribution in [0.3, 0.4) is 0 Å². The van der Waals surface area contributed by atoms with Crippen molar-refractivity contribution in [1.29, 1.82) is 0 Å². The number of nitrogens with zero attached hydrogens (tertiary/aromatic N) is 4. The molecule has 0 aliphatic heterocycles. The number of rotatable bonds is 9. The SMILES string of the molecule is CCNc1nnc(SCC(=O)c2c(N)n(Cc3ccccc3)c(=O)n(CC)c2=O)s1. The lowest BCUT2D eigenvalue weighted by molar-refractivity contribution is 0.102. The second-order valence-corrected chi connectivity index (χ2v) is 8.48. The molecule has 0 fully saturated rings. The van der Waals surface area contributed by atoms with Crippen molar-refractivity contribution in [2.75, 3.05) is 23.3 Å². The Bertz CT molecular complexity index is 1150. The summed E-state index contributed by atoms with van der Waals surface area (Å²) in [4.78, 5) is 38.5. The zero-order valence-corrected chi connectivity index (χ0v) is 18.3. The van der Waals surface area contributed by atoms with E-state index in [2.05, 4.69) is 15.5 Å². The monoisotopic (exact) mass is 446 g/mol. The molecule has 0 atom stereocenters. The number of ketones is 1. The molecule has 2 heterocycles. The highest BCUT2D eigenvalue weighted by molar-refractivity contribution is 8.01. The first-order valence-corrected chi connectivity index (χ1v) is 11.2. The van der Waals surface area contributed by atoms with Gasteiger partial charge in [-0.2, -0.15) is 0 Å². The summed E-state index contributed by atoms with van der Waals surface area (Å²) in [6, 6.07) is 9.26. The van der Waals surface area contributed by atoms with Crippen LogP contribution in [0.25, 0.3) is 0 Å². The fourth-order valence-electron chi connectivity index (χ4n) is 2.87. The van der Waals surface area contributed by atoms with Crippen LogP contribution < -0.4 is 22.3 Å². The first kappa shape index (κ1) is 21.8. The van der Waals surface area contributed by atoms with Gasteiger partial charge in [-0.25, -0.2) is 4.79 Å². The summed E-state index contributed by atoms with van der Waals surface area (Å²) in [6.45, 7) is 4.65. The first-order chi connectivity index (χ1) is 14.5. The summed E-state index contributed by atoms with van der Waals surface area (Å²) >= 11 is 2.50. The summed E-state index contributed by atoms with van der Waals surface area (Å²) in [5, 5.41) is 11.7. The minimum Gasteiger partial charge on any atom is -0.384 e. The molecule has 30 heavy (non-hydrogen) atoms. The highest BCUT2D eigenvalue weighted by atomic mass is 32.2. The van der Waals surface area contributed by atoms with Gasteiger partial charge >= 0.3 is 5.69 Å².